The van der Waals surface area contributed by atoms with Crippen molar-refractivity contribution in [2.45, 2.75) is 6.92 Å². The topological polar surface area (TPSA) is 58.9 Å². The third kappa shape index (κ3) is 1.95. The monoisotopic (exact) mass is 234 g/mol. The van der Waals surface area contributed by atoms with Gasteiger partial charge in [-0.25, -0.2) is 0 Å². The summed E-state index contributed by atoms with van der Waals surface area (Å²) < 4.78 is 0. The zero-order valence-electron chi connectivity index (χ0n) is 8.75. The van der Waals surface area contributed by atoms with Crippen molar-refractivity contribution in [1.82, 2.24) is 4.98 Å². The number of aromatic nitrogens is 1. The van der Waals surface area contributed by atoms with Crippen LogP contribution < -0.4 is 5.73 Å². The van der Waals surface area contributed by atoms with Crippen LogP contribution in [0.15, 0.2) is 30.3 Å². The molecular weight excluding hydrogens is 224 g/mol. The lowest BCUT2D eigenvalue weighted by atomic mass is 10.1. The number of hydrogen-bond acceptors (Lipinski definition) is 1. The Morgan fingerprint density at radius 1 is 1.31 bits per heavy atom. The fourth-order valence-corrected chi connectivity index (χ4v) is 1.72. The summed E-state index contributed by atoms with van der Waals surface area (Å²) in [7, 11) is 0. The number of benzene rings is 1. The van der Waals surface area contributed by atoms with E-state index in [1.165, 1.54) is 0 Å². The van der Waals surface area contributed by atoms with E-state index in [4.69, 9.17) is 17.3 Å². The van der Waals surface area contributed by atoms with Gasteiger partial charge in [0.25, 0.3) is 5.91 Å². The quantitative estimate of drug-likeness (QED) is 0.825. The zero-order valence-corrected chi connectivity index (χ0v) is 9.51. The number of nitrogens with one attached hydrogen (secondary N) is 1. The number of halogens is 1. The van der Waals surface area contributed by atoms with Gasteiger partial charge in [0.2, 0.25) is 0 Å². The number of H-pyrrole nitrogens is 1. The Labute approximate surface area is 98.2 Å². The molecule has 0 bridgehead atoms. The summed E-state index contributed by atoms with van der Waals surface area (Å²) in [5, 5.41) is 0.683. The minimum atomic E-state index is -0.422. The molecule has 4 heteroatoms. The van der Waals surface area contributed by atoms with Gasteiger partial charge in [0, 0.05) is 16.4 Å². The van der Waals surface area contributed by atoms with Crippen molar-refractivity contribution >= 4 is 17.5 Å². The molecule has 1 heterocycles. The Balaban J connectivity index is 2.45. The van der Waals surface area contributed by atoms with Crippen molar-refractivity contribution in [3.63, 3.8) is 0 Å². The van der Waals surface area contributed by atoms with E-state index in [9.17, 15) is 4.79 Å². The van der Waals surface area contributed by atoms with Crippen molar-refractivity contribution in [3.8, 4) is 11.3 Å². The summed E-state index contributed by atoms with van der Waals surface area (Å²) >= 11 is 5.80. The summed E-state index contributed by atoms with van der Waals surface area (Å²) in [5.41, 5.74) is 8.38. The molecule has 0 spiro atoms. The molecule has 0 aliphatic rings. The average molecular weight is 235 g/mol. The maximum absolute atomic E-state index is 11.1. The Bertz CT molecular complexity index is 528. The van der Waals surface area contributed by atoms with Gasteiger partial charge >= 0.3 is 0 Å². The largest absolute Gasteiger partial charge is 0.366 e. The van der Waals surface area contributed by atoms with Crippen LogP contribution in [-0.2, 0) is 0 Å². The van der Waals surface area contributed by atoms with Crippen molar-refractivity contribution < 1.29 is 4.79 Å². The normalized spacial score (nSPS) is 10.4. The summed E-state index contributed by atoms with van der Waals surface area (Å²) in [6.07, 6.45) is 0. The van der Waals surface area contributed by atoms with E-state index in [2.05, 4.69) is 4.98 Å². The molecule has 2 rings (SSSR count). The predicted octanol–water partition coefficient (Wildman–Crippen LogP) is 2.74. The van der Waals surface area contributed by atoms with Crippen molar-refractivity contribution in [1.29, 1.82) is 0 Å². The Morgan fingerprint density at radius 3 is 2.44 bits per heavy atom. The maximum atomic E-state index is 11.1. The van der Waals surface area contributed by atoms with Crippen LogP contribution in [0.4, 0.5) is 0 Å². The SMILES string of the molecule is Cc1[nH]c(-c2ccc(Cl)cc2)cc1C(N)=O. The van der Waals surface area contributed by atoms with Crippen LogP contribution in [0.25, 0.3) is 11.3 Å². The molecule has 0 saturated heterocycles. The van der Waals surface area contributed by atoms with Crippen LogP contribution in [0.2, 0.25) is 5.02 Å². The van der Waals surface area contributed by atoms with Gasteiger partial charge in [-0.05, 0) is 30.7 Å². The third-order valence-electron chi connectivity index (χ3n) is 2.44. The lowest BCUT2D eigenvalue weighted by Crippen LogP contribution is -2.10. The second kappa shape index (κ2) is 4.02. The van der Waals surface area contributed by atoms with Gasteiger partial charge in [-0.2, -0.15) is 0 Å². The van der Waals surface area contributed by atoms with E-state index >= 15 is 0 Å². The number of primary amides is 1. The number of aromatic amines is 1. The number of nitrogens with two attached hydrogens (primary N) is 1. The highest BCUT2D eigenvalue weighted by Gasteiger charge is 2.10. The summed E-state index contributed by atoms with van der Waals surface area (Å²) in [5.74, 6) is -0.422. The molecule has 0 aliphatic heterocycles. The van der Waals surface area contributed by atoms with Gasteiger partial charge < -0.3 is 10.7 Å². The van der Waals surface area contributed by atoms with Gasteiger partial charge in [0.05, 0.1) is 5.56 Å². The van der Waals surface area contributed by atoms with Gasteiger partial charge in [-0.1, -0.05) is 23.7 Å². The molecule has 1 aromatic heterocycles. The highest BCUT2D eigenvalue weighted by atomic mass is 35.5. The minimum absolute atomic E-state index is 0.422. The molecule has 1 aromatic carbocycles. The van der Waals surface area contributed by atoms with E-state index in [1.54, 1.807) is 18.2 Å². The molecule has 0 unspecified atom stereocenters. The first kappa shape index (κ1) is 10.8. The maximum Gasteiger partial charge on any atom is 0.250 e. The van der Waals surface area contributed by atoms with Crippen LogP contribution in [0.3, 0.4) is 0 Å². The van der Waals surface area contributed by atoms with E-state index in [0.717, 1.165) is 17.0 Å². The van der Waals surface area contributed by atoms with Gasteiger partial charge in [-0.3, -0.25) is 4.79 Å². The molecular formula is C12H11ClN2O. The summed E-state index contributed by atoms with van der Waals surface area (Å²) in [4.78, 5) is 14.2. The molecule has 16 heavy (non-hydrogen) atoms. The fourth-order valence-electron chi connectivity index (χ4n) is 1.60. The van der Waals surface area contributed by atoms with Gasteiger partial charge in [-0.15, -0.1) is 0 Å². The first-order valence-electron chi connectivity index (χ1n) is 4.83. The Morgan fingerprint density at radius 2 is 1.94 bits per heavy atom. The van der Waals surface area contributed by atoms with Crippen LogP contribution in [0, 0.1) is 6.92 Å². The van der Waals surface area contributed by atoms with Crippen LogP contribution >= 0.6 is 11.6 Å². The summed E-state index contributed by atoms with van der Waals surface area (Å²) in [6, 6.07) is 9.13. The standard InChI is InChI=1S/C12H11ClN2O/c1-7-10(12(14)16)6-11(15-7)8-2-4-9(13)5-3-8/h2-6,15H,1H3,(H2,14,16). The molecule has 0 aliphatic carbocycles. The highest BCUT2D eigenvalue weighted by Crippen LogP contribution is 2.23. The van der Waals surface area contributed by atoms with E-state index in [-0.39, 0.29) is 0 Å². The first-order chi connectivity index (χ1) is 7.58. The number of rotatable bonds is 2. The van der Waals surface area contributed by atoms with E-state index in [0.29, 0.717) is 10.6 Å². The molecule has 3 N–H and O–H groups in total. The molecule has 1 amide bonds. The smallest absolute Gasteiger partial charge is 0.250 e. The van der Waals surface area contributed by atoms with Crippen molar-refractivity contribution in [3.05, 3.63) is 46.6 Å². The minimum Gasteiger partial charge on any atom is -0.366 e. The molecule has 82 valence electrons. The molecule has 0 radical (unpaired) electrons. The number of carbonyl (C=O) groups excluding carboxylic acids is 1. The number of hydrogen-bond donors (Lipinski definition) is 2. The average Bonchev–Trinajstić information content (AvgIpc) is 2.61. The summed E-state index contributed by atoms with van der Waals surface area (Å²) in [6.45, 7) is 1.82. The Hall–Kier alpha value is -1.74. The molecule has 2 aromatic rings. The van der Waals surface area contributed by atoms with Crippen LogP contribution in [0.5, 0.6) is 0 Å². The van der Waals surface area contributed by atoms with Crippen LogP contribution in [-0.4, -0.2) is 10.9 Å². The van der Waals surface area contributed by atoms with Crippen molar-refractivity contribution in [2.75, 3.05) is 0 Å². The second-order valence-electron chi connectivity index (χ2n) is 3.59. The second-order valence-corrected chi connectivity index (χ2v) is 4.03. The molecule has 0 atom stereocenters. The lowest BCUT2D eigenvalue weighted by Gasteiger charge is -1.97. The van der Waals surface area contributed by atoms with E-state index in [1.807, 2.05) is 19.1 Å². The fraction of sp³-hybridized carbons (Fsp3) is 0.0833. The predicted molar refractivity (Wildman–Crippen MR) is 64.5 cm³/mol. The zero-order chi connectivity index (χ0) is 11.7. The first-order valence-corrected chi connectivity index (χ1v) is 5.21. The number of amides is 1. The number of carbonyl (C=O) groups is 1. The lowest BCUT2D eigenvalue weighted by molar-refractivity contribution is 0.1000. The molecule has 0 fully saturated rings. The third-order valence-corrected chi connectivity index (χ3v) is 2.69. The Kier molecular flexibility index (Phi) is 2.71. The van der Waals surface area contributed by atoms with Gasteiger partial charge in [0.1, 0.15) is 0 Å². The van der Waals surface area contributed by atoms with Crippen LogP contribution in [0.1, 0.15) is 16.1 Å². The van der Waals surface area contributed by atoms with Gasteiger partial charge in [0.15, 0.2) is 0 Å². The van der Waals surface area contributed by atoms with E-state index < -0.39 is 5.91 Å². The highest BCUT2D eigenvalue weighted by molar-refractivity contribution is 6.30. The molecule has 0 saturated carbocycles. The molecule has 3 nitrogen and oxygen atoms in total. The number of aryl methyl sites for hydroxylation is 1. The van der Waals surface area contributed by atoms with Crippen molar-refractivity contribution in [2.24, 2.45) is 5.73 Å².